The summed E-state index contributed by atoms with van der Waals surface area (Å²) in [6.45, 7) is 2.16. The van der Waals surface area contributed by atoms with E-state index in [0.29, 0.717) is 5.82 Å². The van der Waals surface area contributed by atoms with Gasteiger partial charge in [0.05, 0.1) is 22.3 Å². The van der Waals surface area contributed by atoms with Crippen LogP contribution in [0.25, 0.3) is 21.1 Å². The van der Waals surface area contributed by atoms with Gasteiger partial charge in [0.15, 0.2) is 0 Å². The molecular formula is C12H12N4S2. The van der Waals surface area contributed by atoms with Gasteiger partial charge in [0.25, 0.3) is 0 Å². The molecular weight excluding hydrogens is 264 g/mol. The van der Waals surface area contributed by atoms with Crippen LogP contribution in [0.5, 0.6) is 0 Å². The highest BCUT2D eigenvalue weighted by Gasteiger charge is 2.11. The van der Waals surface area contributed by atoms with Gasteiger partial charge in [0.2, 0.25) is 0 Å². The number of hydrogen-bond acceptors (Lipinski definition) is 5. The van der Waals surface area contributed by atoms with Gasteiger partial charge in [0, 0.05) is 10.3 Å². The maximum atomic E-state index is 5.80. The SMILES string of the molecule is CCc1ccc(-c2csc(-c3cn[nH]c3N)n2)s1. The molecule has 0 radical (unpaired) electrons. The Morgan fingerprint density at radius 1 is 1.39 bits per heavy atom. The lowest BCUT2D eigenvalue weighted by Gasteiger charge is -1.92. The summed E-state index contributed by atoms with van der Waals surface area (Å²) in [7, 11) is 0. The fraction of sp³-hybridized carbons (Fsp3) is 0.167. The maximum Gasteiger partial charge on any atom is 0.129 e. The van der Waals surface area contributed by atoms with E-state index >= 15 is 0 Å². The topological polar surface area (TPSA) is 67.6 Å². The van der Waals surface area contributed by atoms with Crippen LogP contribution in [0.3, 0.4) is 0 Å². The second-order valence-electron chi connectivity index (χ2n) is 3.85. The molecule has 0 bridgehead atoms. The number of thiophene rings is 1. The standard InChI is InChI=1S/C12H12N4S2/c1-2-7-3-4-10(18-7)9-6-17-12(15-9)8-5-14-16-11(8)13/h3-6H,2H2,1H3,(H3,13,14,16). The average Bonchev–Trinajstić information content (AvgIpc) is 3.07. The third-order valence-electron chi connectivity index (χ3n) is 2.67. The molecule has 0 saturated carbocycles. The van der Waals surface area contributed by atoms with E-state index in [1.165, 1.54) is 9.75 Å². The summed E-state index contributed by atoms with van der Waals surface area (Å²) in [5.74, 6) is 0.566. The Morgan fingerprint density at radius 2 is 2.28 bits per heavy atom. The summed E-state index contributed by atoms with van der Waals surface area (Å²) in [6, 6.07) is 4.28. The Labute approximate surface area is 113 Å². The third-order valence-corrected chi connectivity index (χ3v) is 4.79. The van der Waals surface area contributed by atoms with Gasteiger partial charge in [-0.2, -0.15) is 5.10 Å². The number of nitrogens with one attached hydrogen (secondary N) is 1. The number of aromatic nitrogens is 3. The second kappa shape index (κ2) is 4.55. The molecule has 3 rings (SSSR count). The minimum atomic E-state index is 0.566. The minimum Gasteiger partial charge on any atom is -0.383 e. The molecule has 18 heavy (non-hydrogen) atoms. The molecule has 92 valence electrons. The molecule has 0 aliphatic carbocycles. The minimum absolute atomic E-state index is 0.566. The van der Waals surface area contributed by atoms with Gasteiger partial charge < -0.3 is 5.73 Å². The first kappa shape index (κ1) is 11.4. The van der Waals surface area contributed by atoms with Crippen molar-refractivity contribution in [2.24, 2.45) is 0 Å². The Hall–Kier alpha value is -1.66. The van der Waals surface area contributed by atoms with E-state index in [2.05, 4.69) is 39.6 Å². The Balaban J connectivity index is 1.96. The molecule has 3 heterocycles. The van der Waals surface area contributed by atoms with Crippen molar-refractivity contribution >= 4 is 28.5 Å². The van der Waals surface area contributed by atoms with Gasteiger partial charge in [-0.05, 0) is 18.6 Å². The van der Waals surface area contributed by atoms with Crippen LogP contribution in [0.15, 0.2) is 23.7 Å². The van der Waals surface area contributed by atoms with Gasteiger partial charge in [-0.15, -0.1) is 22.7 Å². The van der Waals surface area contributed by atoms with Crippen LogP contribution < -0.4 is 5.73 Å². The van der Waals surface area contributed by atoms with Crippen molar-refractivity contribution in [3.8, 4) is 21.1 Å². The first-order valence-corrected chi connectivity index (χ1v) is 7.31. The fourth-order valence-electron chi connectivity index (χ4n) is 1.68. The number of anilines is 1. The zero-order valence-corrected chi connectivity index (χ0v) is 11.4. The molecule has 0 fully saturated rings. The molecule has 3 N–H and O–H groups in total. The second-order valence-corrected chi connectivity index (χ2v) is 5.88. The molecule has 0 aliphatic rings. The highest BCUT2D eigenvalue weighted by Crippen LogP contribution is 2.34. The van der Waals surface area contributed by atoms with Crippen molar-refractivity contribution in [1.29, 1.82) is 0 Å². The van der Waals surface area contributed by atoms with Crippen molar-refractivity contribution in [2.75, 3.05) is 5.73 Å². The highest BCUT2D eigenvalue weighted by molar-refractivity contribution is 7.16. The van der Waals surface area contributed by atoms with Gasteiger partial charge in [-0.3, -0.25) is 5.10 Å². The first-order valence-electron chi connectivity index (χ1n) is 5.61. The fourth-order valence-corrected chi connectivity index (χ4v) is 3.51. The zero-order valence-electron chi connectivity index (χ0n) is 9.80. The number of H-pyrrole nitrogens is 1. The van der Waals surface area contributed by atoms with E-state index in [4.69, 9.17) is 5.73 Å². The quantitative estimate of drug-likeness (QED) is 0.770. The normalized spacial score (nSPS) is 10.9. The molecule has 0 amide bonds. The number of thiazole rings is 1. The largest absolute Gasteiger partial charge is 0.383 e. The molecule has 0 atom stereocenters. The highest BCUT2D eigenvalue weighted by atomic mass is 32.1. The number of hydrogen-bond donors (Lipinski definition) is 2. The van der Waals surface area contributed by atoms with Gasteiger partial charge in [-0.25, -0.2) is 4.98 Å². The van der Waals surface area contributed by atoms with Crippen LogP contribution >= 0.6 is 22.7 Å². The summed E-state index contributed by atoms with van der Waals surface area (Å²) in [5, 5.41) is 9.61. The van der Waals surface area contributed by atoms with Crippen LogP contribution in [-0.2, 0) is 6.42 Å². The van der Waals surface area contributed by atoms with Crippen LogP contribution in [0, 0.1) is 0 Å². The van der Waals surface area contributed by atoms with E-state index in [1.807, 2.05) is 0 Å². The monoisotopic (exact) mass is 276 g/mol. The predicted octanol–water partition coefficient (Wildman–Crippen LogP) is 3.41. The first-order chi connectivity index (χ1) is 8.78. The van der Waals surface area contributed by atoms with Crippen molar-refractivity contribution in [1.82, 2.24) is 15.2 Å². The van der Waals surface area contributed by atoms with Gasteiger partial charge in [-0.1, -0.05) is 6.92 Å². The van der Waals surface area contributed by atoms with E-state index in [9.17, 15) is 0 Å². The summed E-state index contributed by atoms with van der Waals surface area (Å²) in [5.41, 5.74) is 7.69. The van der Waals surface area contributed by atoms with Crippen LogP contribution in [-0.4, -0.2) is 15.2 Å². The van der Waals surface area contributed by atoms with Crippen molar-refractivity contribution in [2.45, 2.75) is 13.3 Å². The Morgan fingerprint density at radius 3 is 2.94 bits per heavy atom. The molecule has 0 spiro atoms. The zero-order chi connectivity index (χ0) is 12.5. The average molecular weight is 276 g/mol. The summed E-state index contributed by atoms with van der Waals surface area (Å²) in [6.07, 6.45) is 2.78. The predicted molar refractivity (Wildman–Crippen MR) is 76.8 cm³/mol. The molecule has 3 aromatic heterocycles. The molecule has 0 unspecified atom stereocenters. The molecule has 6 heteroatoms. The summed E-state index contributed by atoms with van der Waals surface area (Å²) < 4.78 is 0. The lowest BCUT2D eigenvalue weighted by Crippen LogP contribution is -1.86. The lowest BCUT2D eigenvalue weighted by molar-refractivity contribution is 1.10. The van der Waals surface area contributed by atoms with Gasteiger partial charge in [0.1, 0.15) is 10.8 Å². The van der Waals surface area contributed by atoms with Crippen LogP contribution in [0.2, 0.25) is 0 Å². The molecule has 0 aliphatic heterocycles. The van der Waals surface area contributed by atoms with Crippen molar-refractivity contribution < 1.29 is 0 Å². The number of aromatic amines is 1. The smallest absolute Gasteiger partial charge is 0.129 e. The van der Waals surface area contributed by atoms with E-state index < -0.39 is 0 Å². The summed E-state index contributed by atoms with van der Waals surface area (Å²) in [4.78, 5) is 7.20. The molecule has 0 saturated heterocycles. The lowest BCUT2D eigenvalue weighted by atomic mass is 10.3. The summed E-state index contributed by atoms with van der Waals surface area (Å²) >= 11 is 3.38. The number of nitrogens with two attached hydrogens (primary N) is 1. The van der Waals surface area contributed by atoms with E-state index in [0.717, 1.165) is 22.7 Å². The molecule has 4 nitrogen and oxygen atoms in total. The number of rotatable bonds is 3. The Bertz CT molecular complexity index is 665. The number of nitrogens with zero attached hydrogens (tertiary/aromatic N) is 2. The van der Waals surface area contributed by atoms with Crippen molar-refractivity contribution in [3.05, 3.63) is 28.6 Å². The van der Waals surface area contributed by atoms with E-state index in [1.54, 1.807) is 28.9 Å². The number of aryl methyl sites for hydroxylation is 1. The van der Waals surface area contributed by atoms with Crippen LogP contribution in [0.1, 0.15) is 11.8 Å². The van der Waals surface area contributed by atoms with Crippen molar-refractivity contribution in [3.63, 3.8) is 0 Å². The maximum absolute atomic E-state index is 5.80. The Kier molecular flexibility index (Phi) is 2.89. The van der Waals surface area contributed by atoms with Crippen LogP contribution in [0.4, 0.5) is 5.82 Å². The number of nitrogen functional groups attached to an aromatic ring is 1. The van der Waals surface area contributed by atoms with E-state index in [-0.39, 0.29) is 0 Å². The molecule has 0 aromatic carbocycles. The molecule has 3 aromatic rings. The van der Waals surface area contributed by atoms with Gasteiger partial charge >= 0.3 is 0 Å². The third kappa shape index (κ3) is 1.93.